The molecule has 0 atom stereocenters. The molecule has 1 heterocycles. The van der Waals surface area contributed by atoms with Crippen LogP contribution in [0, 0.1) is 16.7 Å². The fourth-order valence-electron chi connectivity index (χ4n) is 2.60. The van der Waals surface area contributed by atoms with Crippen LogP contribution in [0.5, 0.6) is 0 Å². The Morgan fingerprint density at radius 2 is 1.74 bits per heavy atom. The van der Waals surface area contributed by atoms with Crippen molar-refractivity contribution in [2.24, 2.45) is 5.41 Å². The summed E-state index contributed by atoms with van der Waals surface area (Å²) >= 11 is 0. The van der Waals surface area contributed by atoms with Gasteiger partial charge in [0.25, 0.3) is 0 Å². The number of hydrogen-bond donors (Lipinski definition) is 0. The Kier molecular flexibility index (Phi) is 3.96. The Hall–Kier alpha value is -1.33. The Morgan fingerprint density at radius 3 is 2.21 bits per heavy atom. The van der Waals surface area contributed by atoms with Crippen molar-refractivity contribution in [2.75, 3.05) is 13.2 Å². The van der Waals surface area contributed by atoms with E-state index in [4.69, 9.17) is 4.74 Å². The average molecular weight is 257 g/mol. The molecule has 0 aromatic heterocycles. The van der Waals surface area contributed by atoms with E-state index in [1.807, 2.05) is 0 Å². The standard InChI is InChI=1S/C17H23NO/c1-16(2,3)15-6-4-14(5-7-15)12-17(13-18)8-10-19-11-9-17/h4-7H,8-12H2,1-3H3. The van der Waals surface area contributed by atoms with Gasteiger partial charge in [0.1, 0.15) is 0 Å². The summed E-state index contributed by atoms with van der Waals surface area (Å²) in [6.45, 7) is 8.09. The van der Waals surface area contributed by atoms with Crippen molar-refractivity contribution in [3.8, 4) is 6.07 Å². The predicted octanol–water partition coefficient (Wildman–Crippen LogP) is 3.85. The Balaban J connectivity index is 2.13. The van der Waals surface area contributed by atoms with Gasteiger partial charge < -0.3 is 4.74 Å². The highest BCUT2D eigenvalue weighted by Crippen LogP contribution is 2.34. The normalized spacial score (nSPS) is 18.8. The molecule has 0 spiro atoms. The topological polar surface area (TPSA) is 33.0 Å². The maximum atomic E-state index is 9.48. The van der Waals surface area contributed by atoms with Gasteiger partial charge in [-0.05, 0) is 35.8 Å². The number of nitrogens with zero attached hydrogens (tertiary/aromatic N) is 1. The van der Waals surface area contributed by atoms with Crippen molar-refractivity contribution in [3.63, 3.8) is 0 Å². The zero-order valence-electron chi connectivity index (χ0n) is 12.2. The smallest absolute Gasteiger partial charge is 0.0695 e. The fourth-order valence-corrected chi connectivity index (χ4v) is 2.60. The number of nitriles is 1. The monoisotopic (exact) mass is 257 g/mol. The molecule has 0 aliphatic carbocycles. The number of rotatable bonds is 2. The van der Waals surface area contributed by atoms with E-state index in [2.05, 4.69) is 51.1 Å². The predicted molar refractivity (Wildman–Crippen MR) is 76.9 cm³/mol. The molecule has 0 unspecified atom stereocenters. The second-order valence-corrected chi connectivity index (χ2v) is 6.63. The SMILES string of the molecule is CC(C)(C)c1ccc(CC2(C#N)CCOCC2)cc1. The molecule has 0 saturated carbocycles. The lowest BCUT2D eigenvalue weighted by molar-refractivity contribution is 0.0406. The van der Waals surface area contributed by atoms with Crippen LogP contribution in [0.1, 0.15) is 44.7 Å². The summed E-state index contributed by atoms with van der Waals surface area (Å²) < 4.78 is 5.38. The van der Waals surface area contributed by atoms with E-state index < -0.39 is 0 Å². The van der Waals surface area contributed by atoms with Crippen LogP contribution in [0.25, 0.3) is 0 Å². The van der Waals surface area contributed by atoms with Gasteiger partial charge in [-0.15, -0.1) is 0 Å². The molecule has 0 bridgehead atoms. The van der Waals surface area contributed by atoms with Gasteiger partial charge >= 0.3 is 0 Å². The molecule has 1 aliphatic heterocycles. The van der Waals surface area contributed by atoms with Crippen LogP contribution in [0.15, 0.2) is 24.3 Å². The Morgan fingerprint density at radius 1 is 1.16 bits per heavy atom. The second-order valence-electron chi connectivity index (χ2n) is 6.63. The van der Waals surface area contributed by atoms with Crippen molar-refractivity contribution >= 4 is 0 Å². The maximum Gasteiger partial charge on any atom is 0.0695 e. The Bertz CT molecular complexity index is 456. The highest BCUT2D eigenvalue weighted by molar-refractivity contribution is 5.29. The van der Waals surface area contributed by atoms with Crippen LogP contribution >= 0.6 is 0 Å². The summed E-state index contributed by atoms with van der Waals surface area (Å²) in [5, 5.41) is 9.48. The third kappa shape index (κ3) is 3.36. The summed E-state index contributed by atoms with van der Waals surface area (Å²) in [4.78, 5) is 0. The van der Waals surface area contributed by atoms with Gasteiger partial charge in [0.15, 0.2) is 0 Å². The zero-order chi connectivity index (χ0) is 13.9. The highest BCUT2D eigenvalue weighted by atomic mass is 16.5. The molecule has 0 amide bonds. The molecule has 0 radical (unpaired) electrons. The first-order valence-electron chi connectivity index (χ1n) is 7.04. The van der Waals surface area contributed by atoms with Crippen LogP contribution in [0.3, 0.4) is 0 Å². The number of ether oxygens (including phenoxy) is 1. The van der Waals surface area contributed by atoms with E-state index in [0.717, 1.165) is 19.3 Å². The minimum Gasteiger partial charge on any atom is -0.381 e. The fraction of sp³-hybridized carbons (Fsp3) is 0.588. The first-order valence-corrected chi connectivity index (χ1v) is 7.04. The second kappa shape index (κ2) is 5.35. The third-order valence-corrected chi connectivity index (χ3v) is 4.05. The van der Waals surface area contributed by atoms with Crippen molar-refractivity contribution in [1.82, 2.24) is 0 Å². The van der Waals surface area contributed by atoms with Gasteiger partial charge in [0.2, 0.25) is 0 Å². The van der Waals surface area contributed by atoms with E-state index >= 15 is 0 Å². The van der Waals surface area contributed by atoms with Gasteiger partial charge in [-0.25, -0.2) is 0 Å². The van der Waals surface area contributed by atoms with Gasteiger partial charge in [-0.2, -0.15) is 5.26 Å². The first kappa shape index (κ1) is 14.1. The van der Waals surface area contributed by atoms with Crippen LogP contribution in [0.4, 0.5) is 0 Å². The summed E-state index contributed by atoms with van der Waals surface area (Å²) in [6.07, 6.45) is 2.55. The highest BCUT2D eigenvalue weighted by Gasteiger charge is 2.32. The maximum absolute atomic E-state index is 9.48. The molecule has 1 aromatic rings. The summed E-state index contributed by atoms with van der Waals surface area (Å²) in [5.74, 6) is 0. The van der Waals surface area contributed by atoms with Crippen molar-refractivity contribution in [1.29, 1.82) is 5.26 Å². The Labute approximate surface area is 116 Å². The lowest BCUT2D eigenvalue weighted by Gasteiger charge is -2.31. The minimum atomic E-state index is -0.221. The van der Waals surface area contributed by atoms with Crippen LogP contribution in [-0.2, 0) is 16.6 Å². The molecule has 2 heteroatoms. The lowest BCUT2D eigenvalue weighted by atomic mass is 9.76. The largest absolute Gasteiger partial charge is 0.381 e. The molecule has 19 heavy (non-hydrogen) atoms. The van der Waals surface area contributed by atoms with Crippen molar-refractivity contribution in [3.05, 3.63) is 35.4 Å². The van der Waals surface area contributed by atoms with E-state index in [0.29, 0.717) is 13.2 Å². The molecule has 0 N–H and O–H groups in total. The minimum absolute atomic E-state index is 0.185. The van der Waals surface area contributed by atoms with Gasteiger partial charge in [0, 0.05) is 13.2 Å². The van der Waals surface area contributed by atoms with E-state index in [1.165, 1.54) is 11.1 Å². The molecule has 102 valence electrons. The average Bonchev–Trinajstić information content (AvgIpc) is 2.39. The van der Waals surface area contributed by atoms with Gasteiger partial charge in [-0.1, -0.05) is 45.0 Å². The van der Waals surface area contributed by atoms with Crippen LogP contribution in [0.2, 0.25) is 0 Å². The van der Waals surface area contributed by atoms with E-state index in [-0.39, 0.29) is 10.8 Å². The van der Waals surface area contributed by atoms with E-state index in [1.54, 1.807) is 0 Å². The molecule has 1 fully saturated rings. The third-order valence-electron chi connectivity index (χ3n) is 4.05. The van der Waals surface area contributed by atoms with Gasteiger partial charge in [-0.3, -0.25) is 0 Å². The number of benzene rings is 1. The quantitative estimate of drug-likeness (QED) is 0.806. The van der Waals surface area contributed by atoms with Crippen molar-refractivity contribution < 1.29 is 4.74 Å². The molecule has 2 nitrogen and oxygen atoms in total. The molecule has 1 aromatic carbocycles. The molecular formula is C17H23NO. The van der Waals surface area contributed by atoms with Crippen LogP contribution in [-0.4, -0.2) is 13.2 Å². The molecule has 1 saturated heterocycles. The van der Waals surface area contributed by atoms with Crippen LogP contribution < -0.4 is 0 Å². The molecular weight excluding hydrogens is 234 g/mol. The number of hydrogen-bond acceptors (Lipinski definition) is 2. The summed E-state index contributed by atoms with van der Waals surface area (Å²) in [7, 11) is 0. The van der Waals surface area contributed by atoms with Crippen molar-refractivity contribution in [2.45, 2.75) is 45.4 Å². The summed E-state index contributed by atoms with van der Waals surface area (Å²) in [6, 6.07) is 11.3. The van der Waals surface area contributed by atoms with Gasteiger partial charge in [0.05, 0.1) is 11.5 Å². The zero-order valence-corrected chi connectivity index (χ0v) is 12.2. The lowest BCUT2D eigenvalue weighted by Crippen LogP contribution is -2.30. The summed E-state index contributed by atoms with van der Waals surface area (Å²) in [5.41, 5.74) is 2.57. The van der Waals surface area contributed by atoms with E-state index in [9.17, 15) is 5.26 Å². The molecule has 1 aliphatic rings. The molecule has 2 rings (SSSR count). The first-order chi connectivity index (χ1) is 8.95.